The Kier molecular flexibility index (Phi) is 2.28. The maximum Gasteiger partial charge on any atom is 0.274 e. The summed E-state index contributed by atoms with van der Waals surface area (Å²) in [5.74, 6) is 0. The fourth-order valence-corrected chi connectivity index (χ4v) is 1.60. The van der Waals surface area contributed by atoms with Crippen LogP contribution in [0, 0.1) is 17.0 Å². The lowest BCUT2D eigenvalue weighted by Crippen LogP contribution is -1.92. The van der Waals surface area contributed by atoms with E-state index >= 15 is 0 Å². The molecule has 0 amide bonds. The highest BCUT2D eigenvalue weighted by molar-refractivity contribution is 6.29. The Hall–Kier alpha value is -1.68. The third-order valence-electron chi connectivity index (χ3n) is 2.17. The summed E-state index contributed by atoms with van der Waals surface area (Å²) in [5.41, 5.74) is 1.23. The molecular weight excluding hydrogens is 216 g/mol. The molecular formula is C10H7ClN2O2. The van der Waals surface area contributed by atoms with Gasteiger partial charge < -0.3 is 0 Å². The van der Waals surface area contributed by atoms with Gasteiger partial charge in [-0.2, -0.15) is 0 Å². The highest BCUT2D eigenvalue weighted by Crippen LogP contribution is 2.24. The number of rotatable bonds is 1. The van der Waals surface area contributed by atoms with Gasteiger partial charge in [0.25, 0.3) is 5.69 Å². The second-order valence-corrected chi connectivity index (χ2v) is 3.61. The number of hydrogen-bond donors (Lipinski definition) is 0. The lowest BCUT2D eigenvalue weighted by molar-refractivity contribution is -0.385. The number of halogens is 1. The summed E-state index contributed by atoms with van der Waals surface area (Å²) in [4.78, 5) is 14.3. The average Bonchev–Trinajstić information content (AvgIpc) is 2.17. The third kappa shape index (κ3) is 1.76. The molecule has 0 unspecified atom stereocenters. The minimum absolute atomic E-state index is 0.0669. The molecule has 5 heteroatoms. The number of pyridine rings is 1. The summed E-state index contributed by atoms with van der Waals surface area (Å²) in [7, 11) is 0. The van der Waals surface area contributed by atoms with E-state index in [1.54, 1.807) is 25.1 Å². The van der Waals surface area contributed by atoms with Crippen molar-refractivity contribution in [2.45, 2.75) is 6.92 Å². The fourth-order valence-electron chi connectivity index (χ4n) is 1.45. The number of benzene rings is 1. The van der Waals surface area contributed by atoms with Gasteiger partial charge in [0, 0.05) is 17.0 Å². The predicted molar refractivity (Wildman–Crippen MR) is 58.1 cm³/mol. The Labute approximate surface area is 90.7 Å². The summed E-state index contributed by atoms with van der Waals surface area (Å²) in [6.45, 7) is 1.70. The maximum absolute atomic E-state index is 10.7. The molecule has 15 heavy (non-hydrogen) atoms. The quantitative estimate of drug-likeness (QED) is 0.423. The van der Waals surface area contributed by atoms with Crippen molar-refractivity contribution < 1.29 is 4.92 Å². The molecule has 0 atom stereocenters. The number of aromatic nitrogens is 1. The molecule has 1 aromatic heterocycles. The number of aryl methyl sites for hydroxylation is 1. The average molecular weight is 223 g/mol. The molecule has 0 aliphatic heterocycles. The zero-order chi connectivity index (χ0) is 11.0. The van der Waals surface area contributed by atoms with Crippen LogP contribution >= 0.6 is 11.6 Å². The highest BCUT2D eigenvalue weighted by atomic mass is 35.5. The molecule has 1 aromatic carbocycles. The van der Waals surface area contributed by atoms with E-state index in [4.69, 9.17) is 11.6 Å². The lowest BCUT2D eigenvalue weighted by Gasteiger charge is -2.00. The van der Waals surface area contributed by atoms with E-state index in [2.05, 4.69) is 4.98 Å². The molecule has 0 radical (unpaired) electrons. The highest BCUT2D eigenvalue weighted by Gasteiger charge is 2.12. The number of fused-ring (bicyclic) bond motifs is 1. The normalized spacial score (nSPS) is 10.5. The molecule has 0 bridgehead atoms. The largest absolute Gasteiger partial charge is 0.274 e. The summed E-state index contributed by atoms with van der Waals surface area (Å²) >= 11 is 5.71. The first kappa shape index (κ1) is 9.86. The van der Waals surface area contributed by atoms with E-state index < -0.39 is 4.92 Å². The van der Waals surface area contributed by atoms with Crippen molar-refractivity contribution >= 4 is 28.2 Å². The van der Waals surface area contributed by atoms with Gasteiger partial charge in [0.2, 0.25) is 0 Å². The van der Waals surface area contributed by atoms with Gasteiger partial charge in [0.05, 0.1) is 10.4 Å². The second-order valence-electron chi connectivity index (χ2n) is 3.22. The number of nitrogens with zero attached hydrogens (tertiary/aromatic N) is 2. The van der Waals surface area contributed by atoms with Gasteiger partial charge in [-0.3, -0.25) is 10.1 Å². The van der Waals surface area contributed by atoms with Crippen molar-refractivity contribution in [1.29, 1.82) is 0 Å². The molecule has 0 aliphatic carbocycles. The minimum atomic E-state index is -0.419. The van der Waals surface area contributed by atoms with Crippen molar-refractivity contribution in [1.82, 2.24) is 4.98 Å². The van der Waals surface area contributed by atoms with E-state index in [1.807, 2.05) is 0 Å². The number of nitro benzene ring substituents is 1. The zero-order valence-electron chi connectivity index (χ0n) is 7.90. The molecule has 1 heterocycles. The Morgan fingerprint density at radius 3 is 2.80 bits per heavy atom. The first-order valence-corrected chi connectivity index (χ1v) is 4.67. The van der Waals surface area contributed by atoms with Gasteiger partial charge in [0.1, 0.15) is 5.15 Å². The summed E-state index contributed by atoms with van der Waals surface area (Å²) in [6, 6.07) is 6.63. The first-order valence-electron chi connectivity index (χ1n) is 4.29. The summed E-state index contributed by atoms with van der Waals surface area (Å²) < 4.78 is 0. The molecule has 0 saturated heterocycles. The molecule has 2 rings (SSSR count). The molecule has 0 spiro atoms. The zero-order valence-corrected chi connectivity index (χ0v) is 8.65. The van der Waals surface area contributed by atoms with Gasteiger partial charge in [-0.1, -0.05) is 11.6 Å². The van der Waals surface area contributed by atoms with Crippen molar-refractivity contribution in [3.05, 3.63) is 45.1 Å². The molecule has 0 saturated carbocycles. The van der Waals surface area contributed by atoms with Gasteiger partial charge in [-0.25, -0.2) is 4.98 Å². The standard InChI is InChI=1S/C10H7ClN2O2/c1-6-4-7-2-3-10(11)12-8(7)5-9(6)13(14)15/h2-5H,1H3. The van der Waals surface area contributed by atoms with Crippen molar-refractivity contribution in [3.8, 4) is 0 Å². The topological polar surface area (TPSA) is 56.0 Å². The SMILES string of the molecule is Cc1cc2ccc(Cl)nc2cc1[N+](=O)[O-]. The van der Waals surface area contributed by atoms with E-state index in [1.165, 1.54) is 6.07 Å². The Balaban J connectivity index is 2.77. The second kappa shape index (κ2) is 3.47. The molecule has 76 valence electrons. The van der Waals surface area contributed by atoms with E-state index in [-0.39, 0.29) is 5.69 Å². The molecule has 0 fully saturated rings. The smallest absolute Gasteiger partial charge is 0.258 e. The molecule has 0 N–H and O–H groups in total. The number of nitro groups is 1. The molecule has 4 nitrogen and oxygen atoms in total. The van der Waals surface area contributed by atoms with E-state index in [0.29, 0.717) is 16.2 Å². The Bertz CT molecular complexity index is 554. The van der Waals surface area contributed by atoms with Crippen LogP contribution in [-0.4, -0.2) is 9.91 Å². The third-order valence-corrected chi connectivity index (χ3v) is 2.38. The van der Waals surface area contributed by atoms with Crippen LogP contribution in [0.5, 0.6) is 0 Å². The Morgan fingerprint density at radius 1 is 1.40 bits per heavy atom. The molecule has 0 aliphatic rings. The van der Waals surface area contributed by atoms with Crippen molar-refractivity contribution in [2.24, 2.45) is 0 Å². The molecule has 2 aromatic rings. The van der Waals surface area contributed by atoms with Crippen molar-refractivity contribution in [2.75, 3.05) is 0 Å². The van der Waals surface area contributed by atoms with Crippen LogP contribution < -0.4 is 0 Å². The Morgan fingerprint density at radius 2 is 2.13 bits per heavy atom. The van der Waals surface area contributed by atoms with Crippen molar-refractivity contribution in [3.63, 3.8) is 0 Å². The monoisotopic (exact) mass is 222 g/mol. The van der Waals surface area contributed by atoms with Crippen LogP contribution in [0.2, 0.25) is 5.15 Å². The first-order chi connectivity index (χ1) is 7.08. The summed E-state index contributed by atoms with van der Waals surface area (Å²) in [6.07, 6.45) is 0. The van der Waals surface area contributed by atoms with Crippen LogP contribution in [0.15, 0.2) is 24.3 Å². The maximum atomic E-state index is 10.7. The predicted octanol–water partition coefficient (Wildman–Crippen LogP) is 3.10. The van der Waals surface area contributed by atoms with Gasteiger partial charge in [-0.15, -0.1) is 0 Å². The lowest BCUT2D eigenvalue weighted by atomic mass is 10.1. The minimum Gasteiger partial charge on any atom is -0.258 e. The van der Waals surface area contributed by atoms with Gasteiger partial charge in [0.15, 0.2) is 0 Å². The van der Waals surface area contributed by atoms with Crippen LogP contribution in [0.1, 0.15) is 5.56 Å². The van der Waals surface area contributed by atoms with Gasteiger partial charge >= 0.3 is 0 Å². The van der Waals surface area contributed by atoms with Crippen LogP contribution in [0.25, 0.3) is 10.9 Å². The van der Waals surface area contributed by atoms with Gasteiger partial charge in [-0.05, 0) is 25.1 Å². The fraction of sp³-hybridized carbons (Fsp3) is 0.100. The van der Waals surface area contributed by atoms with Crippen LogP contribution in [0.4, 0.5) is 5.69 Å². The van der Waals surface area contributed by atoms with E-state index in [0.717, 1.165) is 5.39 Å². The number of hydrogen-bond acceptors (Lipinski definition) is 3. The van der Waals surface area contributed by atoms with E-state index in [9.17, 15) is 10.1 Å². The van der Waals surface area contributed by atoms with Crippen LogP contribution in [-0.2, 0) is 0 Å². The summed E-state index contributed by atoms with van der Waals surface area (Å²) in [5, 5.41) is 11.9. The van der Waals surface area contributed by atoms with Crippen LogP contribution in [0.3, 0.4) is 0 Å².